The van der Waals surface area contributed by atoms with Gasteiger partial charge >= 0.3 is 12.1 Å². The summed E-state index contributed by atoms with van der Waals surface area (Å²) in [6.07, 6.45) is 0.753. The number of nitro groups is 1. The van der Waals surface area contributed by atoms with Crippen molar-refractivity contribution >= 4 is 17.7 Å². The molecular formula is C21H20N4O6. The molecular weight excluding hydrogens is 404 g/mol. The van der Waals surface area contributed by atoms with E-state index in [0.717, 1.165) is 5.56 Å². The first-order valence-electron chi connectivity index (χ1n) is 9.37. The molecule has 0 saturated carbocycles. The SMILES string of the molecule is Cc1c(C(=O)OCCNC(=O)OCc2ccccc2)cnn1-c1ccc([N+](=O)[O-])cc1. The molecule has 0 radical (unpaired) electrons. The van der Waals surface area contributed by atoms with Crippen LogP contribution in [0.2, 0.25) is 0 Å². The summed E-state index contributed by atoms with van der Waals surface area (Å²) in [5.41, 5.74) is 2.18. The van der Waals surface area contributed by atoms with Crippen molar-refractivity contribution in [1.29, 1.82) is 0 Å². The minimum atomic E-state index is -0.609. The average molecular weight is 424 g/mol. The standard InChI is InChI=1S/C21H20N4O6/c1-15-19(13-23-24(15)17-7-9-18(10-8-17)25(28)29)20(26)30-12-11-22-21(27)31-14-16-5-3-2-4-6-16/h2-10,13H,11-12,14H2,1H3,(H,22,27). The Bertz CT molecular complexity index is 1060. The molecule has 0 saturated heterocycles. The second-order valence-corrected chi connectivity index (χ2v) is 6.45. The molecule has 2 aromatic carbocycles. The number of rotatable bonds is 8. The van der Waals surface area contributed by atoms with Gasteiger partial charge in [-0.3, -0.25) is 10.1 Å². The van der Waals surface area contributed by atoms with E-state index in [1.807, 2.05) is 30.3 Å². The highest BCUT2D eigenvalue weighted by atomic mass is 16.6. The maximum Gasteiger partial charge on any atom is 0.407 e. The van der Waals surface area contributed by atoms with Crippen molar-refractivity contribution in [1.82, 2.24) is 15.1 Å². The molecule has 0 aliphatic rings. The lowest BCUT2D eigenvalue weighted by molar-refractivity contribution is -0.384. The summed E-state index contributed by atoms with van der Waals surface area (Å²) in [5.74, 6) is -0.592. The van der Waals surface area contributed by atoms with E-state index >= 15 is 0 Å². The zero-order valence-corrected chi connectivity index (χ0v) is 16.7. The Hall–Kier alpha value is -4.21. The molecule has 1 aromatic heterocycles. The van der Waals surface area contributed by atoms with Crippen molar-refractivity contribution < 1.29 is 24.0 Å². The van der Waals surface area contributed by atoms with E-state index in [-0.39, 0.29) is 31.0 Å². The van der Waals surface area contributed by atoms with Gasteiger partial charge in [0.05, 0.1) is 29.0 Å². The molecule has 0 unspecified atom stereocenters. The number of nitrogens with zero attached hydrogens (tertiary/aromatic N) is 3. The minimum absolute atomic E-state index is 0.0389. The zero-order chi connectivity index (χ0) is 22.2. The number of benzene rings is 2. The van der Waals surface area contributed by atoms with Crippen molar-refractivity contribution in [2.75, 3.05) is 13.2 Å². The molecule has 1 N–H and O–H groups in total. The van der Waals surface area contributed by atoms with Crippen molar-refractivity contribution in [3.05, 3.63) is 87.7 Å². The Morgan fingerprint density at radius 1 is 1.10 bits per heavy atom. The van der Waals surface area contributed by atoms with Crippen LogP contribution in [0.4, 0.5) is 10.5 Å². The number of carbonyl (C=O) groups excluding carboxylic acids is 2. The lowest BCUT2D eigenvalue weighted by atomic mass is 10.2. The van der Waals surface area contributed by atoms with E-state index in [4.69, 9.17) is 9.47 Å². The third kappa shape index (κ3) is 5.66. The zero-order valence-electron chi connectivity index (χ0n) is 16.7. The van der Waals surface area contributed by atoms with Gasteiger partial charge in [0.1, 0.15) is 18.8 Å². The monoisotopic (exact) mass is 424 g/mol. The van der Waals surface area contributed by atoms with Gasteiger partial charge in [-0.05, 0) is 24.6 Å². The molecule has 0 fully saturated rings. The number of ether oxygens (including phenoxy) is 2. The summed E-state index contributed by atoms with van der Waals surface area (Å²) in [4.78, 5) is 34.3. The van der Waals surface area contributed by atoms with Crippen LogP contribution >= 0.6 is 0 Å². The Morgan fingerprint density at radius 3 is 2.48 bits per heavy atom. The van der Waals surface area contributed by atoms with Crippen LogP contribution in [0.15, 0.2) is 60.8 Å². The number of nitrogens with one attached hydrogen (secondary N) is 1. The number of carbonyl (C=O) groups is 2. The fourth-order valence-electron chi connectivity index (χ4n) is 2.73. The highest BCUT2D eigenvalue weighted by Gasteiger charge is 2.17. The Morgan fingerprint density at radius 2 is 1.81 bits per heavy atom. The van der Waals surface area contributed by atoms with Crippen LogP contribution < -0.4 is 5.32 Å². The molecule has 0 bridgehead atoms. The first-order valence-corrected chi connectivity index (χ1v) is 9.37. The number of hydrogen-bond acceptors (Lipinski definition) is 7. The molecule has 0 spiro atoms. The second kappa shape index (κ2) is 10.0. The van der Waals surface area contributed by atoms with E-state index in [2.05, 4.69) is 10.4 Å². The quantitative estimate of drug-likeness (QED) is 0.255. The van der Waals surface area contributed by atoms with Gasteiger partial charge in [-0.2, -0.15) is 5.10 Å². The summed E-state index contributed by atoms with van der Waals surface area (Å²) in [6, 6.07) is 15.0. The van der Waals surface area contributed by atoms with Gasteiger partial charge in [-0.15, -0.1) is 0 Å². The summed E-state index contributed by atoms with van der Waals surface area (Å²) < 4.78 is 11.7. The van der Waals surface area contributed by atoms with Gasteiger partial charge in [0.15, 0.2) is 0 Å². The number of hydrogen-bond donors (Lipinski definition) is 1. The molecule has 10 nitrogen and oxygen atoms in total. The summed E-state index contributed by atoms with van der Waals surface area (Å²) >= 11 is 0. The lowest BCUT2D eigenvalue weighted by Gasteiger charge is -2.08. The van der Waals surface area contributed by atoms with Crippen LogP contribution in [-0.2, 0) is 16.1 Å². The van der Waals surface area contributed by atoms with Crippen molar-refractivity contribution in [2.45, 2.75) is 13.5 Å². The molecule has 3 aromatic rings. The smallest absolute Gasteiger partial charge is 0.407 e. The molecule has 0 aliphatic heterocycles. The third-order valence-electron chi connectivity index (χ3n) is 4.35. The molecule has 1 heterocycles. The Balaban J connectivity index is 1.46. The van der Waals surface area contributed by atoms with Gasteiger partial charge in [-0.25, -0.2) is 14.3 Å². The Kier molecular flexibility index (Phi) is 6.94. The number of aromatic nitrogens is 2. The Labute approximate surface area is 177 Å². The molecule has 10 heteroatoms. The summed E-state index contributed by atoms with van der Waals surface area (Å²) in [5, 5.41) is 17.4. The predicted octanol–water partition coefficient (Wildman–Crippen LogP) is 3.17. The van der Waals surface area contributed by atoms with Crippen molar-refractivity contribution in [2.24, 2.45) is 0 Å². The van der Waals surface area contributed by atoms with Crippen molar-refractivity contribution in [3.63, 3.8) is 0 Å². The number of esters is 1. The number of non-ortho nitro benzene ring substituents is 1. The maximum absolute atomic E-state index is 12.3. The van der Waals surface area contributed by atoms with Gasteiger partial charge in [-0.1, -0.05) is 30.3 Å². The molecule has 0 atom stereocenters. The first kappa shape index (κ1) is 21.5. The third-order valence-corrected chi connectivity index (χ3v) is 4.35. The largest absolute Gasteiger partial charge is 0.460 e. The van der Waals surface area contributed by atoms with E-state index in [1.165, 1.54) is 35.1 Å². The summed E-state index contributed by atoms with van der Waals surface area (Å²) in [6.45, 7) is 1.88. The highest BCUT2D eigenvalue weighted by molar-refractivity contribution is 5.90. The fourth-order valence-corrected chi connectivity index (χ4v) is 2.73. The van der Waals surface area contributed by atoms with E-state index in [1.54, 1.807) is 6.92 Å². The molecule has 31 heavy (non-hydrogen) atoms. The van der Waals surface area contributed by atoms with Gasteiger partial charge in [0, 0.05) is 12.1 Å². The molecule has 160 valence electrons. The van der Waals surface area contributed by atoms with Crippen LogP contribution in [0.25, 0.3) is 5.69 Å². The van der Waals surface area contributed by atoms with Crippen LogP contribution in [0.1, 0.15) is 21.6 Å². The van der Waals surface area contributed by atoms with Crippen LogP contribution in [-0.4, -0.2) is 39.9 Å². The van der Waals surface area contributed by atoms with Gasteiger partial charge in [0.2, 0.25) is 0 Å². The van der Waals surface area contributed by atoms with E-state index < -0.39 is 17.0 Å². The van der Waals surface area contributed by atoms with Crippen LogP contribution in [0.5, 0.6) is 0 Å². The van der Waals surface area contributed by atoms with E-state index in [9.17, 15) is 19.7 Å². The molecule has 0 aliphatic carbocycles. The minimum Gasteiger partial charge on any atom is -0.460 e. The highest BCUT2D eigenvalue weighted by Crippen LogP contribution is 2.18. The normalized spacial score (nSPS) is 10.4. The number of nitro benzene ring substituents is 1. The summed E-state index contributed by atoms with van der Waals surface area (Å²) in [7, 11) is 0. The van der Waals surface area contributed by atoms with E-state index in [0.29, 0.717) is 11.4 Å². The topological polar surface area (TPSA) is 126 Å². The number of amides is 1. The lowest BCUT2D eigenvalue weighted by Crippen LogP contribution is -2.28. The van der Waals surface area contributed by atoms with Gasteiger partial charge < -0.3 is 14.8 Å². The van der Waals surface area contributed by atoms with Crippen LogP contribution in [0.3, 0.4) is 0 Å². The molecule has 1 amide bonds. The molecule has 3 rings (SSSR count). The predicted molar refractivity (Wildman–Crippen MR) is 110 cm³/mol. The van der Waals surface area contributed by atoms with Crippen molar-refractivity contribution in [3.8, 4) is 5.69 Å². The van der Waals surface area contributed by atoms with Gasteiger partial charge in [0.25, 0.3) is 5.69 Å². The number of alkyl carbamates (subject to hydrolysis) is 1. The first-order chi connectivity index (χ1) is 15.0. The maximum atomic E-state index is 12.3. The second-order valence-electron chi connectivity index (χ2n) is 6.45. The average Bonchev–Trinajstić information content (AvgIpc) is 3.17. The van der Waals surface area contributed by atoms with Crippen LogP contribution in [0, 0.1) is 17.0 Å². The fraction of sp³-hybridized carbons (Fsp3) is 0.190.